The normalized spacial score (nSPS) is 12.4. The number of sulfonamides is 1. The standard InChI is InChI=1S/C14H15F3N4O4S/c1-3-21(4-2)26(23,24)10-7-5-9(6-8-10)11(22)18-13-20-19-12(25-13)14(15,16)17/h5-8H,3-4H2,1-2H3,(H,18,20,22). The van der Waals surface area contributed by atoms with Gasteiger partial charge in [-0.1, -0.05) is 18.9 Å². The molecule has 1 heterocycles. The molecule has 1 amide bonds. The summed E-state index contributed by atoms with van der Waals surface area (Å²) in [6.07, 6.45) is -4.82. The quantitative estimate of drug-likeness (QED) is 0.809. The van der Waals surface area contributed by atoms with Gasteiger partial charge in [0.15, 0.2) is 0 Å². The molecule has 8 nitrogen and oxygen atoms in total. The molecule has 2 rings (SSSR count). The zero-order valence-electron chi connectivity index (χ0n) is 13.7. The second-order valence-corrected chi connectivity index (χ2v) is 6.92. The summed E-state index contributed by atoms with van der Waals surface area (Å²) in [5, 5.41) is 7.87. The van der Waals surface area contributed by atoms with E-state index in [1.165, 1.54) is 28.6 Å². The number of nitrogens with one attached hydrogen (secondary N) is 1. The van der Waals surface area contributed by atoms with Crippen LogP contribution in [0, 0.1) is 0 Å². The summed E-state index contributed by atoms with van der Waals surface area (Å²) in [6, 6.07) is 4.20. The van der Waals surface area contributed by atoms with Crippen molar-refractivity contribution in [1.29, 1.82) is 0 Å². The van der Waals surface area contributed by atoms with E-state index in [1.807, 2.05) is 5.32 Å². The van der Waals surface area contributed by atoms with Crippen LogP contribution in [-0.4, -0.2) is 41.9 Å². The lowest BCUT2D eigenvalue weighted by Crippen LogP contribution is -2.30. The van der Waals surface area contributed by atoms with E-state index in [9.17, 15) is 26.4 Å². The number of amides is 1. The van der Waals surface area contributed by atoms with Crippen molar-refractivity contribution in [3.63, 3.8) is 0 Å². The number of carbonyl (C=O) groups excluding carboxylic acids is 1. The van der Waals surface area contributed by atoms with Gasteiger partial charge in [0, 0.05) is 18.7 Å². The summed E-state index contributed by atoms with van der Waals surface area (Å²) in [7, 11) is -3.68. The molecular formula is C14H15F3N4O4S. The highest BCUT2D eigenvalue weighted by atomic mass is 32.2. The van der Waals surface area contributed by atoms with Gasteiger partial charge in [0.25, 0.3) is 5.91 Å². The maximum atomic E-state index is 12.4. The molecule has 0 unspecified atom stereocenters. The maximum absolute atomic E-state index is 12.4. The average Bonchev–Trinajstić information content (AvgIpc) is 3.04. The second-order valence-electron chi connectivity index (χ2n) is 4.98. The molecule has 0 saturated carbocycles. The Bertz CT molecular complexity index is 874. The summed E-state index contributed by atoms with van der Waals surface area (Å²) in [5.74, 6) is -2.41. The SMILES string of the molecule is CCN(CC)S(=O)(=O)c1ccc(C(=O)Nc2nnc(C(F)(F)F)o2)cc1. The Morgan fingerprint density at radius 1 is 1.15 bits per heavy atom. The molecule has 12 heteroatoms. The van der Waals surface area contributed by atoms with E-state index in [1.54, 1.807) is 13.8 Å². The fraction of sp³-hybridized carbons (Fsp3) is 0.357. The molecule has 0 aliphatic carbocycles. The number of benzene rings is 1. The zero-order valence-corrected chi connectivity index (χ0v) is 14.6. The first-order chi connectivity index (χ1) is 12.1. The van der Waals surface area contributed by atoms with E-state index in [0.29, 0.717) is 13.1 Å². The number of nitrogens with zero attached hydrogens (tertiary/aromatic N) is 3. The van der Waals surface area contributed by atoms with E-state index in [4.69, 9.17) is 0 Å². The number of hydrogen-bond donors (Lipinski definition) is 1. The lowest BCUT2D eigenvalue weighted by molar-refractivity contribution is -0.156. The van der Waals surface area contributed by atoms with Crippen LogP contribution in [0.15, 0.2) is 33.6 Å². The monoisotopic (exact) mass is 392 g/mol. The molecule has 2 aromatic rings. The van der Waals surface area contributed by atoms with Crippen LogP contribution < -0.4 is 5.32 Å². The van der Waals surface area contributed by atoms with Crippen molar-refractivity contribution in [2.45, 2.75) is 24.9 Å². The smallest absolute Gasteiger partial charge is 0.399 e. The van der Waals surface area contributed by atoms with Crippen LogP contribution in [0.2, 0.25) is 0 Å². The first kappa shape index (κ1) is 19.8. The van der Waals surface area contributed by atoms with E-state index in [-0.39, 0.29) is 10.5 Å². The van der Waals surface area contributed by atoms with Crippen molar-refractivity contribution in [1.82, 2.24) is 14.5 Å². The Balaban J connectivity index is 2.15. The van der Waals surface area contributed by atoms with E-state index in [2.05, 4.69) is 14.6 Å². The van der Waals surface area contributed by atoms with Gasteiger partial charge in [0.1, 0.15) is 0 Å². The van der Waals surface area contributed by atoms with Gasteiger partial charge in [-0.2, -0.15) is 17.5 Å². The topological polar surface area (TPSA) is 105 Å². The van der Waals surface area contributed by atoms with Crippen molar-refractivity contribution in [2.75, 3.05) is 18.4 Å². The first-order valence-corrected chi connectivity index (χ1v) is 8.85. The minimum Gasteiger partial charge on any atom is -0.399 e. The van der Waals surface area contributed by atoms with E-state index >= 15 is 0 Å². The van der Waals surface area contributed by atoms with Crippen molar-refractivity contribution in [3.05, 3.63) is 35.7 Å². The Kier molecular flexibility index (Phi) is 5.66. The van der Waals surface area contributed by atoms with Crippen LogP contribution in [0.5, 0.6) is 0 Å². The molecule has 0 atom stereocenters. The molecule has 1 N–H and O–H groups in total. The number of aromatic nitrogens is 2. The molecule has 26 heavy (non-hydrogen) atoms. The van der Waals surface area contributed by atoms with Crippen molar-refractivity contribution < 1.29 is 30.8 Å². The summed E-state index contributed by atoms with van der Waals surface area (Å²) in [6.45, 7) is 3.98. The number of carbonyl (C=O) groups is 1. The molecule has 1 aromatic heterocycles. The molecule has 0 fully saturated rings. The van der Waals surface area contributed by atoms with Crippen LogP contribution in [0.1, 0.15) is 30.1 Å². The highest BCUT2D eigenvalue weighted by Crippen LogP contribution is 2.28. The Morgan fingerprint density at radius 2 is 1.73 bits per heavy atom. The lowest BCUT2D eigenvalue weighted by Gasteiger charge is -2.18. The van der Waals surface area contributed by atoms with Gasteiger partial charge in [-0.05, 0) is 24.3 Å². The van der Waals surface area contributed by atoms with Gasteiger partial charge in [0.05, 0.1) is 4.90 Å². The number of rotatable bonds is 6. The summed E-state index contributed by atoms with van der Waals surface area (Å²) >= 11 is 0. The molecule has 0 saturated heterocycles. The summed E-state index contributed by atoms with van der Waals surface area (Å²) in [5.41, 5.74) is 0.00950. The third-order valence-corrected chi connectivity index (χ3v) is 5.41. The van der Waals surface area contributed by atoms with Crippen LogP contribution in [0.4, 0.5) is 19.2 Å². The lowest BCUT2D eigenvalue weighted by atomic mass is 10.2. The van der Waals surface area contributed by atoms with Crippen molar-refractivity contribution >= 4 is 21.9 Å². The maximum Gasteiger partial charge on any atom is 0.470 e. The first-order valence-electron chi connectivity index (χ1n) is 7.41. The Morgan fingerprint density at radius 3 is 2.19 bits per heavy atom. The Labute approximate surface area is 147 Å². The van der Waals surface area contributed by atoms with Gasteiger partial charge >= 0.3 is 18.1 Å². The molecule has 0 spiro atoms. The van der Waals surface area contributed by atoms with Crippen LogP contribution >= 0.6 is 0 Å². The number of hydrogen-bond acceptors (Lipinski definition) is 6. The van der Waals surface area contributed by atoms with Crippen LogP contribution in [-0.2, 0) is 16.2 Å². The largest absolute Gasteiger partial charge is 0.470 e. The molecule has 0 aliphatic heterocycles. The molecular weight excluding hydrogens is 377 g/mol. The molecule has 0 radical (unpaired) electrons. The predicted octanol–water partition coefficient (Wildman–Crippen LogP) is 2.37. The molecule has 0 bridgehead atoms. The highest BCUT2D eigenvalue weighted by molar-refractivity contribution is 7.89. The minimum absolute atomic E-state index is 0.00472. The van der Waals surface area contributed by atoms with Gasteiger partial charge in [-0.15, -0.1) is 5.10 Å². The zero-order chi connectivity index (χ0) is 19.5. The van der Waals surface area contributed by atoms with Crippen LogP contribution in [0.3, 0.4) is 0 Å². The van der Waals surface area contributed by atoms with Gasteiger partial charge < -0.3 is 4.42 Å². The average molecular weight is 392 g/mol. The summed E-state index contributed by atoms with van der Waals surface area (Å²) in [4.78, 5) is 12.0. The third kappa shape index (κ3) is 4.19. The van der Waals surface area contributed by atoms with E-state index < -0.39 is 34.0 Å². The highest BCUT2D eigenvalue weighted by Gasteiger charge is 2.38. The molecule has 0 aliphatic rings. The fourth-order valence-corrected chi connectivity index (χ4v) is 3.51. The molecule has 142 valence electrons. The van der Waals surface area contributed by atoms with Crippen molar-refractivity contribution in [2.24, 2.45) is 0 Å². The van der Waals surface area contributed by atoms with Crippen molar-refractivity contribution in [3.8, 4) is 0 Å². The number of alkyl halides is 3. The number of halogens is 3. The van der Waals surface area contributed by atoms with Gasteiger partial charge in [-0.25, -0.2) is 8.42 Å². The Hall–Kier alpha value is -2.47. The number of anilines is 1. The predicted molar refractivity (Wildman–Crippen MR) is 83.8 cm³/mol. The van der Waals surface area contributed by atoms with Gasteiger partial charge in [-0.3, -0.25) is 10.1 Å². The van der Waals surface area contributed by atoms with Gasteiger partial charge in [0.2, 0.25) is 10.0 Å². The summed E-state index contributed by atoms with van der Waals surface area (Å²) < 4.78 is 67.4. The van der Waals surface area contributed by atoms with E-state index in [0.717, 1.165) is 0 Å². The van der Waals surface area contributed by atoms with Crippen LogP contribution in [0.25, 0.3) is 0 Å². The second kappa shape index (κ2) is 7.41. The minimum atomic E-state index is -4.82. The fourth-order valence-electron chi connectivity index (χ4n) is 2.05. The third-order valence-electron chi connectivity index (χ3n) is 3.35. The molecule has 1 aromatic carbocycles.